The maximum absolute atomic E-state index is 5.80. The number of anilines is 3. The highest BCUT2D eigenvalue weighted by Gasteiger charge is 2.14. The molecule has 0 atom stereocenters. The molecule has 0 aromatic carbocycles. The number of rotatable bonds is 1. The SMILES string of the molecule is Nc1nc(N)c2ncn(-n3cnc4c(=S)nc(N)[nH]c43)c2n1. The first kappa shape index (κ1) is 12.5. The Labute approximate surface area is 126 Å². The molecule has 4 heterocycles. The molecule has 110 valence electrons. The number of nitrogens with zero attached hydrogens (tertiary/aromatic N) is 7. The second-order valence-electron chi connectivity index (χ2n) is 4.44. The molecule has 0 amide bonds. The van der Waals surface area contributed by atoms with Crippen LogP contribution in [0, 0.1) is 4.64 Å². The molecule has 4 rings (SSSR count). The zero-order valence-electron chi connectivity index (χ0n) is 10.9. The van der Waals surface area contributed by atoms with Crippen molar-refractivity contribution in [2.45, 2.75) is 0 Å². The van der Waals surface area contributed by atoms with Gasteiger partial charge in [-0.1, -0.05) is 12.2 Å². The van der Waals surface area contributed by atoms with E-state index < -0.39 is 0 Å². The summed E-state index contributed by atoms with van der Waals surface area (Å²) < 4.78 is 3.52. The van der Waals surface area contributed by atoms with Crippen LogP contribution in [0.4, 0.5) is 17.7 Å². The van der Waals surface area contributed by atoms with Crippen LogP contribution in [-0.2, 0) is 0 Å². The van der Waals surface area contributed by atoms with Gasteiger partial charge in [0.2, 0.25) is 11.9 Å². The van der Waals surface area contributed by atoms with Gasteiger partial charge in [0, 0.05) is 0 Å². The zero-order chi connectivity index (χ0) is 15.4. The molecule has 0 saturated heterocycles. The van der Waals surface area contributed by atoms with Crippen LogP contribution >= 0.6 is 12.2 Å². The van der Waals surface area contributed by atoms with Crippen molar-refractivity contribution in [3.8, 4) is 0 Å². The van der Waals surface area contributed by atoms with Gasteiger partial charge in [0.25, 0.3) is 0 Å². The van der Waals surface area contributed by atoms with Crippen molar-refractivity contribution in [2.75, 3.05) is 17.2 Å². The molecule has 0 bridgehead atoms. The van der Waals surface area contributed by atoms with E-state index in [1.165, 1.54) is 12.7 Å². The number of hydrogen-bond donors (Lipinski definition) is 4. The van der Waals surface area contributed by atoms with E-state index in [1.807, 2.05) is 0 Å². The van der Waals surface area contributed by atoms with Gasteiger partial charge in [0.05, 0.1) is 0 Å². The smallest absolute Gasteiger partial charge is 0.224 e. The quantitative estimate of drug-likeness (QED) is 0.344. The van der Waals surface area contributed by atoms with Crippen LogP contribution in [-0.4, -0.2) is 39.3 Å². The average Bonchev–Trinajstić information content (AvgIpc) is 3.02. The summed E-state index contributed by atoms with van der Waals surface area (Å²) in [6, 6.07) is 0. The van der Waals surface area contributed by atoms with E-state index in [1.54, 1.807) is 9.35 Å². The molecule has 0 radical (unpaired) electrons. The van der Waals surface area contributed by atoms with Crippen LogP contribution in [0.2, 0.25) is 0 Å². The van der Waals surface area contributed by atoms with Crippen molar-refractivity contribution in [2.24, 2.45) is 0 Å². The van der Waals surface area contributed by atoms with Crippen molar-refractivity contribution >= 4 is 52.3 Å². The van der Waals surface area contributed by atoms with E-state index in [2.05, 4.69) is 29.9 Å². The minimum Gasteiger partial charge on any atom is -0.382 e. The Bertz CT molecular complexity index is 1090. The van der Waals surface area contributed by atoms with Crippen molar-refractivity contribution in [3.63, 3.8) is 0 Å². The summed E-state index contributed by atoms with van der Waals surface area (Å²) in [7, 11) is 0. The first-order valence-electron chi connectivity index (χ1n) is 6.04. The molecule has 0 aliphatic carbocycles. The van der Waals surface area contributed by atoms with Crippen LogP contribution < -0.4 is 17.2 Å². The van der Waals surface area contributed by atoms with E-state index in [4.69, 9.17) is 29.4 Å². The Morgan fingerprint density at radius 2 is 1.68 bits per heavy atom. The van der Waals surface area contributed by atoms with Crippen LogP contribution in [0.25, 0.3) is 22.3 Å². The number of nitrogen functional groups attached to an aromatic ring is 3. The lowest BCUT2D eigenvalue weighted by molar-refractivity contribution is 0.688. The number of H-pyrrole nitrogens is 1. The summed E-state index contributed by atoms with van der Waals surface area (Å²) in [4.78, 5) is 23.3. The molecule has 0 saturated carbocycles. The summed E-state index contributed by atoms with van der Waals surface area (Å²) in [5.41, 5.74) is 19.1. The first-order chi connectivity index (χ1) is 10.5. The van der Waals surface area contributed by atoms with Gasteiger partial charge >= 0.3 is 0 Å². The van der Waals surface area contributed by atoms with Crippen molar-refractivity contribution in [1.29, 1.82) is 0 Å². The Morgan fingerprint density at radius 3 is 2.50 bits per heavy atom. The number of hydrogen-bond acceptors (Lipinski definition) is 9. The van der Waals surface area contributed by atoms with E-state index in [9.17, 15) is 0 Å². The van der Waals surface area contributed by atoms with E-state index in [0.717, 1.165) is 0 Å². The summed E-state index contributed by atoms with van der Waals surface area (Å²) in [5, 5.41) is 0. The van der Waals surface area contributed by atoms with Crippen LogP contribution in [0.1, 0.15) is 0 Å². The van der Waals surface area contributed by atoms with Gasteiger partial charge in [0.15, 0.2) is 27.3 Å². The third-order valence-electron chi connectivity index (χ3n) is 3.08. The average molecular weight is 315 g/mol. The third kappa shape index (κ3) is 1.61. The van der Waals surface area contributed by atoms with Gasteiger partial charge in [-0.15, -0.1) is 0 Å². The molecule has 12 heteroatoms. The standard InChI is InChI=1S/C10H9N11S/c11-5-3-6(17-9(12)16-5)20(1-14-3)21-2-15-4-7(21)18-10(13)19-8(4)22/h1-2H,(H4,11,12,16,17)(H3,13,18,19,22). The molecule has 7 N–H and O–H groups in total. The Balaban J connectivity index is 2.10. The molecule has 0 spiro atoms. The number of aromatic nitrogens is 8. The molecule has 11 nitrogen and oxygen atoms in total. The van der Waals surface area contributed by atoms with E-state index in [-0.39, 0.29) is 17.7 Å². The Hall–Kier alpha value is -3.28. The molecule has 0 unspecified atom stereocenters. The number of aromatic amines is 1. The molecule has 22 heavy (non-hydrogen) atoms. The van der Waals surface area contributed by atoms with Crippen molar-refractivity contribution < 1.29 is 0 Å². The van der Waals surface area contributed by atoms with Gasteiger partial charge < -0.3 is 22.2 Å². The topological polar surface area (TPSA) is 168 Å². The Kier molecular flexibility index (Phi) is 2.33. The minimum atomic E-state index is 0.0466. The van der Waals surface area contributed by atoms with Gasteiger partial charge in [-0.3, -0.25) is 0 Å². The second-order valence-corrected chi connectivity index (χ2v) is 4.83. The maximum Gasteiger partial charge on any atom is 0.224 e. The molecular weight excluding hydrogens is 306 g/mol. The predicted octanol–water partition coefficient (Wildman–Crippen LogP) is -0.313. The number of imidazole rings is 2. The number of nitrogens with two attached hydrogens (primary N) is 3. The summed E-state index contributed by atoms with van der Waals surface area (Å²) in [6.45, 7) is 0. The fourth-order valence-corrected chi connectivity index (χ4v) is 2.42. The van der Waals surface area contributed by atoms with Crippen LogP contribution in [0.5, 0.6) is 0 Å². The monoisotopic (exact) mass is 315 g/mol. The van der Waals surface area contributed by atoms with Crippen molar-refractivity contribution in [1.82, 2.24) is 39.3 Å². The fourth-order valence-electron chi connectivity index (χ4n) is 2.17. The van der Waals surface area contributed by atoms with Crippen molar-refractivity contribution in [3.05, 3.63) is 17.3 Å². The normalized spacial score (nSPS) is 11.5. The maximum atomic E-state index is 5.80. The molecule has 4 aromatic heterocycles. The molecule has 0 aliphatic heterocycles. The highest BCUT2D eigenvalue weighted by atomic mass is 32.1. The largest absolute Gasteiger partial charge is 0.382 e. The van der Waals surface area contributed by atoms with Crippen LogP contribution in [0.15, 0.2) is 12.7 Å². The summed E-state index contributed by atoms with van der Waals surface area (Å²) in [5.74, 6) is 0.419. The first-order valence-corrected chi connectivity index (χ1v) is 6.45. The minimum absolute atomic E-state index is 0.0466. The highest BCUT2D eigenvalue weighted by Crippen LogP contribution is 2.19. The molecule has 4 aromatic rings. The molecule has 0 fully saturated rings. The number of nitrogens with one attached hydrogen (secondary N) is 1. The lowest BCUT2D eigenvalue weighted by Gasteiger charge is -2.06. The summed E-state index contributed by atoms with van der Waals surface area (Å²) >= 11 is 5.14. The fraction of sp³-hybridized carbons (Fsp3) is 0. The molecular formula is C10H9N11S. The van der Waals surface area contributed by atoms with Gasteiger partial charge in [-0.25, -0.2) is 24.3 Å². The second kappa shape index (κ2) is 4.11. The Morgan fingerprint density at radius 1 is 0.955 bits per heavy atom. The lowest BCUT2D eigenvalue weighted by atomic mass is 10.5. The van der Waals surface area contributed by atoms with E-state index >= 15 is 0 Å². The third-order valence-corrected chi connectivity index (χ3v) is 3.36. The highest BCUT2D eigenvalue weighted by molar-refractivity contribution is 7.71. The van der Waals surface area contributed by atoms with E-state index in [0.29, 0.717) is 27.0 Å². The lowest BCUT2D eigenvalue weighted by Crippen LogP contribution is -2.10. The zero-order valence-corrected chi connectivity index (χ0v) is 11.7. The van der Waals surface area contributed by atoms with Crippen LogP contribution in [0.3, 0.4) is 0 Å². The molecule has 0 aliphatic rings. The van der Waals surface area contributed by atoms with Gasteiger partial charge in [-0.05, 0) is 0 Å². The van der Waals surface area contributed by atoms with Gasteiger partial charge in [-0.2, -0.15) is 9.97 Å². The van der Waals surface area contributed by atoms with Gasteiger partial charge in [0.1, 0.15) is 18.2 Å². The summed E-state index contributed by atoms with van der Waals surface area (Å²) in [6.07, 6.45) is 3.05. The number of fused-ring (bicyclic) bond motifs is 2. The predicted molar refractivity (Wildman–Crippen MR) is 82.1 cm³/mol.